The number of hydrogen-bond acceptors (Lipinski definition) is 9. The van der Waals surface area contributed by atoms with E-state index in [9.17, 15) is 30.3 Å². The monoisotopic (exact) mass is 418 g/mol. The van der Waals surface area contributed by atoms with Crippen LogP contribution >= 0.6 is 0 Å². The zero-order valence-electron chi connectivity index (χ0n) is 15.8. The predicted molar refractivity (Wildman–Crippen MR) is 101 cm³/mol. The summed E-state index contributed by atoms with van der Waals surface area (Å²) in [5.74, 6) is 0.537. The first-order chi connectivity index (χ1) is 14.4. The quantitative estimate of drug-likeness (QED) is 0.472. The molecule has 6 atom stereocenters. The molecule has 0 saturated carbocycles. The SMILES string of the molecule is O=C1C[C@@H](c2ccc(O[C@@H]3O[C@H](CO)[C@@H](O)[C@H](O)[C@H]3O)cc2)Oc2cc(O)ccc21. The van der Waals surface area contributed by atoms with Crippen molar-refractivity contribution in [3.05, 3.63) is 53.6 Å². The third kappa shape index (κ3) is 3.85. The fourth-order valence-electron chi connectivity index (χ4n) is 3.56. The summed E-state index contributed by atoms with van der Waals surface area (Å²) >= 11 is 0. The van der Waals surface area contributed by atoms with Gasteiger partial charge in [0, 0.05) is 6.07 Å². The van der Waals surface area contributed by atoms with E-state index in [4.69, 9.17) is 14.2 Å². The minimum absolute atomic E-state index is 0.00507. The molecular formula is C21H22O9. The standard InChI is InChI=1S/C21H22O9/c22-9-17-18(25)19(26)20(27)21(30-17)28-12-4-1-10(2-5-12)15-8-14(24)13-6-3-11(23)7-16(13)29-15/h1-7,15,17-23,25-27H,8-9H2/t15-,17+,18+,19-,20+,21+/m0/s1. The van der Waals surface area contributed by atoms with E-state index in [1.807, 2.05) is 0 Å². The lowest BCUT2D eigenvalue weighted by Crippen LogP contribution is -2.60. The summed E-state index contributed by atoms with van der Waals surface area (Å²) in [5, 5.41) is 48.6. The second kappa shape index (κ2) is 8.21. The van der Waals surface area contributed by atoms with Gasteiger partial charge in [-0.25, -0.2) is 0 Å². The topological polar surface area (TPSA) is 146 Å². The number of phenols is 1. The third-order valence-electron chi connectivity index (χ3n) is 5.26. The molecule has 2 aromatic rings. The molecule has 2 aliphatic heterocycles. The number of aliphatic hydroxyl groups is 4. The maximum atomic E-state index is 12.4. The average molecular weight is 418 g/mol. The largest absolute Gasteiger partial charge is 0.508 e. The molecule has 2 aromatic carbocycles. The highest BCUT2D eigenvalue weighted by Gasteiger charge is 2.44. The molecule has 2 heterocycles. The van der Waals surface area contributed by atoms with Gasteiger partial charge in [-0.05, 0) is 29.8 Å². The average Bonchev–Trinajstić information content (AvgIpc) is 2.74. The van der Waals surface area contributed by atoms with Gasteiger partial charge in [0.25, 0.3) is 0 Å². The Kier molecular flexibility index (Phi) is 5.63. The first-order valence-corrected chi connectivity index (χ1v) is 9.47. The van der Waals surface area contributed by atoms with Crippen LogP contribution in [-0.4, -0.2) is 68.6 Å². The van der Waals surface area contributed by atoms with Crippen LogP contribution in [0.3, 0.4) is 0 Å². The summed E-state index contributed by atoms with van der Waals surface area (Å²) in [6.07, 6.45) is -7.24. The molecule has 9 heteroatoms. The van der Waals surface area contributed by atoms with Crippen molar-refractivity contribution < 1.29 is 44.5 Å². The molecule has 0 spiro atoms. The van der Waals surface area contributed by atoms with Gasteiger partial charge in [0.1, 0.15) is 47.8 Å². The summed E-state index contributed by atoms with van der Waals surface area (Å²) in [5.41, 5.74) is 1.13. The number of ether oxygens (including phenoxy) is 3. The molecule has 1 fully saturated rings. The van der Waals surface area contributed by atoms with Crippen molar-refractivity contribution in [2.24, 2.45) is 0 Å². The number of aliphatic hydroxyl groups excluding tert-OH is 4. The highest BCUT2D eigenvalue weighted by molar-refractivity contribution is 6.00. The second-order valence-corrected chi connectivity index (χ2v) is 7.30. The normalized spacial score (nSPS) is 31.0. The van der Waals surface area contributed by atoms with Gasteiger partial charge in [-0.2, -0.15) is 0 Å². The maximum Gasteiger partial charge on any atom is 0.229 e. The van der Waals surface area contributed by atoms with Crippen LogP contribution in [0, 0.1) is 0 Å². The number of carbonyl (C=O) groups is 1. The molecule has 0 aromatic heterocycles. The minimum atomic E-state index is -1.53. The van der Waals surface area contributed by atoms with Gasteiger partial charge in [-0.15, -0.1) is 0 Å². The van der Waals surface area contributed by atoms with E-state index in [-0.39, 0.29) is 18.0 Å². The number of fused-ring (bicyclic) bond motifs is 1. The molecule has 4 rings (SSSR count). The Balaban J connectivity index is 1.46. The zero-order valence-corrected chi connectivity index (χ0v) is 15.8. The Hall–Kier alpha value is -2.69. The van der Waals surface area contributed by atoms with Gasteiger partial charge in [0.15, 0.2) is 5.78 Å². The van der Waals surface area contributed by atoms with Crippen molar-refractivity contribution in [1.29, 1.82) is 0 Å². The Morgan fingerprint density at radius 3 is 2.43 bits per heavy atom. The third-order valence-corrected chi connectivity index (χ3v) is 5.26. The van der Waals surface area contributed by atoms with E-state index >= 15 is 0 Å². The summed E-state index contributed by atoms with van der Waals surface area (Å²) in [4.78, 5) is 12.4. The number of phenolic OH excluding ortho intramolecular Hbond substituents is 1. The van der Waals surface area contributed by atoms with Crippen LogP contribution < -0.4 is 9.47 Å². The van der Waals surface area contributed by atoms with Crippen molar-refractivity contribution in [1.82, 2.24) is 0 Å². The molecule has 2 aliphatic rings. The fourth-order valence-corrected chi connectivity index (χ4v) is 3.56. The fraction of sp³-hybridized carbons (Fsp3) is 0.381. The van der Waals surface area contributed by atoms with E-state index in [2.05, 4.69) is 0 Å². The van der Waals surface area contributed by atoms with Gasteiger partial charge in [0.2, 0.25) is 6.29 Å². The van der Waals surface area contributed by atoms with Gasteiger partial charge in [-0.3, -0.25) is 4.79 Å². The minimum Gasteiger partial charge on any atom is -0.508 e. The first-order valence-electron chi connectivity index (χ1n) is 9.47. The number of ketones is 1. The Morgan fingerprint density at radius 1 is 1.00 bits per heavy atom. The molecule has 5 N–H and O–H groups in total. The van der Waals surface area contributed by atoms with Crippen molar-refractivity contribution in [3.8, 4) is 17.2 Å². The molecule has 0 aliphatic carbocycles. The van der Waals surface area contributed by atoms with Gasteiger partial charge < -0.3 is 39.7 Å². The number of Topliss-reactive ketones (excluding diaryl/α,β-unsaturated/α-hetero) is 1. The van der Waals surface area contributed by atoms with E-state index < -0.39 is 43.4 Å². The van der Waals surface area contributed by atoms with Crippen molar-refractivity contribution in [2.75, 3.05) is 6.61 Å². The number of carbonyl (C=O) groups excluding carboxylic acids is 1. The van der Waals surface area contributed by atoms with E-state index in [1.165, 1.54) is 18.2 Å². The molecule has 0 amide bonds. The molecular weight excluding hydrogens is 396 g/mol. The van der Waals surface area contributed by atoms with E-state index in [1.54, 1.807) is 24.3 Å². The molecule has 0 bridgehead atoms. The molecule has 0 radical (unpaired) electrons. The highest BCUT2D eigenvalue weighted by Crippen LogP contribution is 2.37. The smallest absolute Gasteiger partial charge is 0.229 e. The lowest BCUT2D eigenvalue weighted by molar-refractivity contribution is -0.277. The van der Waals surface area contributed by atoms with Gasteiger partial charge in [0.05, 0.1) is 18.6 Å². The zero-order chi connectivity index (χ0) is 21.4. The van der Waals surface area contributed by atoms with Crippen LogP contribution in [-0.2, 0) is 4.74 Å². The lowest BCUT2D eigenvalue weighted by Gasteiger charge is -2.39. The van der Waals surface area contributed by atoms with Crippen LogP contribution in [0.5, 0.6) is 17.2 Å². The molecule has 30 heavy (non-hydrogen) atoms. The number of benzene rings is 2. The molecule has 9 nitrogen and oxygen atoms in total. The van der Waals surface area contributed by atoms with E-state index in [0.717, 1.165) is 0 Å². The van der Waals surface area contributed by atoms with E-state index in [0.29, 0.717) is 22.6 Å². The molecule has 1 saturated heterocycles. The number of hydrogen-bond donors (Lipinski definition) is 5. The number of aromatic hydroxyl groups is 1. The van der Waals surface area contributed by atoms with Gasteiger partial charge in [-0.1, -0.05) is 12.1 Å². The maximum absolute atomic E-state index is 12.4. The van der Waals surface area contributed by atoms with Crippen LogP contribution in [0.25, 0.3) is 0 Å². The van der Waals surface area contributed by atoms with Crippen molar-refractivity contribution >= 4 is 5.78 Å². The lowest BCUT2D eigenvalue weighted by atomic mass is 9.96. The predicted octanol–water partition coefficient (Wildman–Crippen LogP) is 0.277. The van der Waals surface area contributed by atoms with Crippen LogP contribution in [0.1, 0.15) is 28.4 Å². The summed E-state index contributed by atoms with van der Waals surface area (Å²) in [7, 11) is 0. The Morgan fingerprint density at radius 2 is 1.73 bits per heavy atom. The Bertz CT molecular complexity index is 911. The van der Waals surface area contributed by atoms with Gasteiger partial charge >= 0.3 is 0 Å². The van der Waals surface area contributed by atoms with Crippen LogP contribution in [0.2, 0.25) is 0 Å². The summed E-state index contributed by atoms with van der Waals surface area (Å²) < 4.78 is 16.7. The second-order valence-electron chi connectivity index (χ2n) is 7.30. The molecule has 0 unspecified atom stereocenters. The molecule has 160 valence electrons. The van der Waals surface area contributed by atoms with Crippen molar-refractivity contribution in [2.45, 2.75) is 43.2 Å². The van der Waals surface area contributed by atoms with Crippen LogP contribution in [0.4, 0.5) is 0 Å². The number of rotatable bonds is 4. The Labute approximate surface area is 171 Å². The summed E-state index contributed by atoms with van der Waals surface area (Å²) in [6.45, 7) is -0.548. The highest BCUT2D eigenvalue weighted by atomic mass is 16.7. The van der Waals surface area contributed by atoms with Crippen molar-refractivity contribution in [3.63, 3.8) is 0 Å². The summed E-state index contributed by atoms with van der Waals surface area (Å²) in [6, 6.07) is 10.9. The van der Waals surface area contributed by atoms with Crippen LogP contribution in [0.15, 0.2) is 42.5 Å². The first kappa shape index (κ1) is 20.6.